The molecule has 3 aromatic rings. The molecule has 3 aromatic heterocycles. The second-order valence-corrected chi connectivity index (χ2v) is 10.3. The molecule has 0 aromatic carbocycles. The molecular formula is C25H32N6O4S. The van der Waals surface area contributed by atoms with Crippen LogP contribution < -0.4 is 10.6 Å². The lowest BCUT2D eigenvalue weighted by Crippen LogP contribution is -2.48. The molecule has 3 rings (SSSR count). The van der Waals surface area contributed by atoms with E-state index in [9.17, 15) is 14.4 Å². The first-order valence-corrected chi connectivity index (χ1v) is 12.7. The topological polar surface area (TPSA) is 128 Å². The number of nitrogens with zero attached hydrogens (tertiary/aromatic N) is 4. The molecule has 2 amide bonds. The molecule has 192 valence electrons. The average molecular weight is 513 g/mol. The highest BCUT2D eigenvalue weighted by Gasteiger charge is 2.32. The third kappa shape index (κ3) is 7.70. The smallest absolute Gasteiger partial charge is 0.408 e. The molecule has 0 radical (unpaired) electrons. The Hall–Kier alpha value is -3.60. The summed E-state index contributed by atoms with van der Waals surface area (Å²) in [5.74, 6) is -1.56. The molecule has 2 N–H and O–H groups in total. The summed E-state index contributed by atoms with van der Waals surface area (Å²) >= 11 is 1.21. The van der Waals surface area contributed by atoms with Crippen molar-refractivity contribution < 1.29 is 19.1 Å². The Balaban J connectivity index is 1.66. The van der Waals surface area contributed by atoms with Crippen LogP contribution in [-0.4, -0.2) is 49.7 Å². The largest absolute Gasteiger partial charge is 0.444 e. The number of thiazole rings is 1. The van der Waals surface area contributed by atoms with Gasteiger partial charge >= 0.3 is 6.09 Å². The molecular weight excluding hydrogens is 480 g/mol. The van der Waals surface area contributed by atoms with E-state index in [4.69, 9.17) is 4.74 Å². The van der Waals surface area contributed by atoms with Crippen LogP contribution in [0.5, 0.6) is 0 Å². The number of hydrogen-bond donors (Lipinski definition) is 2. The fourth-order valence-corrected chi connectivity index (χ4v) is 3.90. The van der Waals surface area contributed by atoms with Crippen LogP contribution in [-0.2, 0) is 20.9 Å². The van der Waals surface area contributed by atoms with Crippen LogP contribution in [0.4, 0.5) is 9.93 Å². The zero-order chi connectivity index (χ0) is 26.1. The highest BCUT2D eigenvalue weighted by Crippen LogP contribution is 2.25. The summed E-state index contributed by atoms with van der Waals surface area (Å²) in [6.07, 6.45) is 7.26. The maximum Gasteiger partial charge on any atom is 0.408 e. The van der Waals surface area contributed by atoms with Gasteiger partial charge in [0.15, 0.2) is 5.13 Å². The number of amides is 2. The first kappa shape index (κ1) is 27.0. The first-order chi connectivity index (χ1) is 17.2. The predicted molar refractivity (Wildman–Crippen MR) is 137 cm³/mol. The van der Waals surface area contributed by atoms with Crippen LogP contribution >= 0.6 is 11.3 Å². The van der Waals surface area contributed by atoms with Crippen LogP contribution in [0, 0.1) is 5.41 Å². The summed E-state index contributed by atoms with van der Waals surface area (Å²) in [5, 5.41) is 11.7. The minimum absolute atomic E-state index is 0.315. The molecule has 0 saturated carbocycles. The van der Waals surface area contributed by atoms with Crippen molar-refractivity contribution in [2.24, 2.45) is 5.41 Å². The molecule has 10 nitrogen and oxygen atoms in total. The third-order valence-corrected chi connectivity index (χ3v) is 6.19. The zero-order valence-corrected chi connectivity index (χ0v) is 21.7. The fraction of sp³-hybridized carbons (Fsp3) is 0.440. The van der Waals surface area contributed by atoms with Crippen molar-refractivity contribution >= 4 is 34.3 Å². The van der Waals surface area contributed by atoms with Gasteiger partial charge in [0.25, 0.3) is 5.91 Å². The van der Waals surface area contributed by atoms with Gasteiger partial charge in [0.1, 0.15) is 12.1 Å². The highest BCUT2D eigenvalue weighted by molar-refractivity contribution is 7.13. The first-order valence-electron chi connectivity index (χ1n) is 11.8. The number of ether oxygens (including phenoxy) is 1. The maximum absolute atomic E-state index is 12.9. The molecule has 0 aliphatic rings. The van der Waals surface area contributed by atoms with Crippen LogP contribution in [0.2, 0.25) is 0 Å². The van der Waals surface area contributed by atoms with Gasteiger partial charge < -0.3 is 10.1 Å². The maximum atomic E-state index is 12.9. The molecule has 36 heavy (non-hydrogen) atoms. The van der Waals surface area contributed by atoms with Gasteiger partial charge in [0.05, 0.1) is 12.2 Å². The summed E-state index contributed by atoms with van der Waals surface area (Å²) in [6.45, 7) is 8.15. The van der Waals surface area contributed by atoms with Crippen LogP contribution in [0.15, 0.2) is 48.4 Å². The minimum atomic E-state index is -1.00. The number of Topliss-reactive ketones (excluding diaryl/α,β-unsaturated/α-hetero) is 1. The summed E-state index contributed by atoms with van der Waals surface area (Å²) in [4.78, 5) is 46.2. The molecule has 0 saturated heterocycles. The number of rotatable bonds is 11. The summed E-state index contributed by atoms with van der Waals surface area (Å²) < 4.78 is 7.48. The number of ketones is 1. The van der Waals surface area contributed by atoms with E-state index in [1.807, 2.05) is 52.1 Å². The van der Waals surface area contributed by atoms with Gasteiger partial charge in [-0.1, -0.05) is 40.5 Å². The average Bonchev–Trinajstić information content (AvgIpc) is 3.53. The van der Waals surface area contributed by atoms with E-state index < -0.39 is 35.3 Å². The Morgan fingerprint density at radius 2 is 2.00 bits per heavy atom. The fourth-order valence-electron chi connectivity index (χ4n) is 3.37. The van der Waals surface area contributed by atoms with Crippen LogP contribution in [0.25, 0.3) is 11.3 Å². The molecule has 0 spiro atoms. The summed E-state index contributed by atoms with van der Waals surface area (Å²) in [5.41, 5.74) is 1.23. The summed E-state index contributed by atoms with van der Waals surface area (Å²) in [7, 11) is 0. The molecule has 11 heteroatoms. The van der Waals surface area contributed by atoms with Gasteiger partial charge in [-0.15, -0.1) is 11.3 Å². The molecule has 0 aliphatic heterocycles. The lowest BCUT2D eigenvalue weighted by atomic mass is 9.89. The van der Waals surface area contributed by atoms with Gasteiger partial charge in [0.2, 0.25) is 5.78 Å². The van der Waals surface area contributed by atoms with Crippen molar-refractivity contribution in [1.29, 1.82) is 0 Å². The van der Waals surface area contributed by atoms with Gasteiger partial charge in [-0.05, 0) is 24.6 Å². The van der Waals surface area contributed by atoms with E-state index in [0.29, 0.717) is 24.5 Å². The number of carbonyl (C=O) groups is 3. The standard InChI is InChI=1S/C25H32N6O4S/c1-5-6-9-19(21(32)22(33)29-23-27-12-14-36-23)28-24(34)35-20(25(2,3)4)16-31-13-10-18(30-31)17-8-7-11-26-15-17/h7-8,10-15,19-20H,5-6,9,16H2,1-4H3,(H,28,34)(H,27,29,33)/t19-,20+/m0/s1. The number of alkyl carbamates (subject to hydrolysis) is 1. The minimum Gasteiger partial charge on any atom is -0.444 e. The lowest BCUT2D eigenvalue weighted by molar-refractivity contribution is -0.136. The van der Waals surface area contributed by atoms with Crippen molar-refractivity contribution in [2.75, 3.05) is 5.32 Å². The van der Waals surface area contributed by atoms with E-state index in [2.05, 4.69) is 25.7 Å². The highest BCUT2D eigenvalue weighted by atomic mass is 32.1. The molecule has 0 aliphatic carbocycles. The Morgan fingerprint density at radius 3 is 2.64 bits per heavy atom. The monoisotopic (exact) mass is 512 g/mol. The molecule has 0 bridgehead atoms. The van der Waals surface area contributed by atoms with Gasteiger partial charge in [-0.25, -0.2) is 9.78 Å². The number of hydrogen-bond acceptors (Lipinski definition) is 8. The second-order valence-electron chi connectivity index (χ2n) is 9.42. The molecule has 2 atom stereocenters. The van der Waals surface area contributed by atoms with E-state index in [1.54, 1.807) is 22.5 Å². The van der Waals surface area contributed by atoms with E-state index in [1.165, 1.54) is 17.5 Å². The number of aromatic nitrogens is 4. The van der Waals surface area contributed by atoms with Gasteiger partial charge in [0, 0.05) is 41.1 Å². The zero-order valence-electron chi connectivity index (χ0n) is 20.9. The SMILES string of the molecule is CCCC[C@H](NC(=O)O[C@H](Cn1ccc(-c2cccnc2)n1)C(C)(C)C)C(=O)C(=O)Nc1nccs1. The van der Waals surface area contributed by atoms with Gasteiger partial charge in [-0.3, -0.25) is 24.6 Å². The van der Waals surface area contributed by atoms with Gasteiger partial charge in [-0.2, -0.15) is 5.10 Å². The van der Waals surface area contributed by atoms with Crippen molar-refractivity contribution in [3.05, 3.63) is 48.4 Å². The Morgan fingerprint density at radius 1 is 1.19 bits per heavy atom. The normalized spacial score (nSPS) is 13.0. The van der Waals surface area contributed by atoms with Crippen molar-refractivity contribution in [1.82, 2.24) is 25.1 Å². The van der Waals surface area contributed by atoms with Crippen LogP contribution in [0.3, 0.4) is 0 Å². The number of pyridine rings is 1. The van der Waals surface area contributed by atoms with E-state index >= 15 is 0 Å². The van der Waals surface area contributed by atoms with E-state index in [0.717, 1.165) is 17.7 Å². The van der Waals surface area contributed by atoms with Crippen molar-refractivity contribution in [3.63, 3.8) is 0 Å². The lowest BCUT2D eigenvalue weighted by Gasteiger charge is -2.30. The molecule has 0 unspecified atom stereocenters. The number of anilines is 1. The Labute approximate surface area is 214 Å². The van der Waals surface area contributed by atoms with Crippen LogP contribution in [0.1, 0.15) is 47.0 Å². The van der Waals surface area contributed by atoms with E-state index in [-0.39, 0.29) is 0 Å². The molecule has 3 heterocycles. The second kappa shape index (κ2) is 12.4. The predicted octanol–water partition coefficient (Wildman–Crippen LogP) is 4.31. The number of carbonyl (C=O) groups excluding carboxylic acids is 3. The number of nitrogens with one attached hydrogen (secondary N) is 2. The molecule has 0 fully saturated rings. The Kier molecular flexibility index (Phi) is 9.29. The Bertz CT molecular complexity index is 1140. The summed E-state index contributed by atoms with van der Waals surface area (Å²) in [6, 6.07) is 4.63. The number of unbranched alkanes of at least 4 members (excludes halogenated alkanes) is 1. The van der Waals surface area contributed by atoms with Crippen molar-refractivity contribution in [2.45, 2.75) is 65.6 Å². The third-order valence-electron chi connectivity index (χ3n) is 5.50. The quantitative estimate of drug-likeness (QED) is 0.366. The van der Waals surface area contributed by atoms with Crippen molar-refractivity contribution in [3.8, 4) is 11.3 Å².